The van der Waals surface area contributed by atoms with Crippen LogP contribution >= 0.6 is 0 Å². The summed E-state index contributed by atoms with van der Waals surface area (Å²) in [7, 11) is 0. The third kappa shape index (κ3) is 4.62. The molecule has 2 N–H and O–H groups in total. The third-order valence-corrected chi connectivity index (χ3v) is 4.56. The fourth-order valence-corrected chi connectivity index (χ4v) is 3.01. The molecule has 1 aliphatic heterocycles. The van der Waals surface area contributed by atoms with E-state index in [1.807, 2.05) is 24.3 Å². The van der Waals surface area contributed by atoms with E-state index in [-0.39, 0.29) is 18.3 Å². The lowest BCUT2D eigenvalue weighted by molar-refractivity contribution is 0.0517. The number of nitrogens with zero attached hydrogens (tertiary/aromatic N) is 2. The number of unbranched alkanes of at least 4 members (excludes halogenated alkanes) is 1. The summed E-state index contributed by atoms with van der Waals surface area (Å²) in [5, 5.41) is 9.83. The first-order valence-electron chi connectivity index (χ1n) is 9.64. The van der Waals surface area contributed by atoms with E-state index in [1.54, 1.807) is 11.8 Å². The number of esters is 1. The molecule has 0 atom stereocenters. The first-order chi connectivity index (χ1) is 13.6. The molecule has 28 heavy (non-hydrogen) atoms. The summed E-state index contributed by atoms with van der Waals surface area (Å²) in [6.45, 7) is 5.68. The van der Waals surface area contributed by atoms with Crippen molar-refractivity contribution in [3.05, 3.63) is 41.2 Å². The Balaban J connectivity index is 1.60. The number of urea groups is 1. The fourth-order valence-electron chi connectivity index (χ4n) is 3.01. The molecule has 1 aromatic carbocycles. The lowest BCUT2D eigenvalue weighted by atomic mass is 10.1. The van der Waals surface area contributed by atoms with Gasteiger partial charge in [0.2, 0.25) is 0 Å². The zero-order valence-electron chi connectivity index (χ0n) is 16.3. The quantitative estimate of drug-likeness (QED) is 0.562. The van der Waals surface area contributed by atoms with Crippen molar-refractivity contribution < 1.29 is 19.1 Å². The molecular formula is C20H26N4O4. The Labute approximate surface area is 164 Å². The van der Waals surface area contributed by atoms with E-state index in [0.29, 0.717) is 31.8 Å². The van der Waals surface area contributed by atoms with Gasteiger partial charge in [-0.1, -0.05) is 13.3 Å². The van der Waals surface area contributed by atoms with Crippen LogP contribution in [0, 0.1) is 0 Å². The molecule has 0 spiro atoms. The predicted octanol–water partition coefficient (Wildman–Crippen LogP) is 3.36. The summed E-state index contributed by atoms with van der Waals surface area (Å²) < 4.78 is 10.7. The van der Waals surface area contributed by atoms with Gasteiger partial charge in [0.15, 0.2) is 5.69 Å². The molecule has 2 amide bonds. The maximum absolute atomic E-state index is 12.6. The molecule has 8 heteroatoms. The highest BCUT2D eigenvalue weighted by molar-refractivity contribution is 5.91. The normalized spacial score (nSPS) is 13.0. The molecule has 150 valence electrons. The lowest BCUT2D eigenvalue weighted by Gasteiger charge is -2.27. The van der Waals surface area contributed by atoms with E-state index >= 15 is 0 Å². The van der Waals surface area contributed by atoms with Gasteiger partial charge < -0.3 is 19.7 Å². The first kappa shape index (κ1) is 19.7. The largest absolute Gasteiger partial charge is 0.494 e. The van der Waals surface area contributed by atoms with E-state index < -0.39 is 5.97 Å². The Morgan fingerprint density at radius 2 is 2.04 bits per heavy atom. The van der Waals surface area contributed by atoms with E-state index in [4.69, 9.17) is 9.47 Å². The second-order valence-corrected chi connectivity index (χ2v) is 6.58. The average Bonchev–Trinajstić information content (AvgIpc) is 3.13. The van der Waals surface area contributed by atoms with Gasteiger partial charge >= 0.3 is 12.0 Å². The topological polar surface area (TPSA) is 96.5 Å². The van der Waals surface area contributed by atoms with Crippen LogP contribution in [0.25, 0.3) is 0 Å². The number of hydrogen-bond acceptors (Lipinski definition) is 5. The minimum absolute atomic E-state index is 0.221. The van der Waals surface area contributed by atoms with Crippen molar-refractivity contribution in [2.75, 3.05) is 25.1 Å². The molecule has 0 saturated carbocycles. The van der Waals surface area contributed by atoms with Crippen LogP contribution in [0.1, 0.15) is 48.4 Å². The van der Waals surface area contributed by atoms with Gasteiger partial charge in [-0.05, 0) is 37.6 Å². The minimum Gasteiger partial charge on any atom is -0.494 e. The number of ether oxygens (including phenoxy) is 2. The number of carbonyl (C=O) groups is 2. The van der Waals surface area contributed by atoms with Gasteiger partial charge in [-0.3, -0.25) is 5.10 Å². The number of nitrogens with one attached hydrogen (secondary N) is 2. The van der Waals surface area contributed by atoms with Crippen LogP contribution in [0.2, 0.25) is 0 Å². The second-order valence-electron chi connectivity index (χ2n) is 6.58. The van der Waals surface area contributed by atoms with Gasteiger partial charge in [0.25, 0.3) is 0 Å². The summed E-state index contributed by atoms with van der Waals surface area (Å²) >= 11 is 0. The SMILES string of the molecule is CCCCOc1ccc(NC(=O)N2CCc3[nH]nc(C(=O)OCC)c3C2)cc1. The summed E-state index contributed by atoms with van der Waals surface area (Å²) in [5.74, 6) is 0.312. The maximum atomic E-state index is 12.6. The summed E-state index contributed by atoms with van der Waals surface area (Å²) in [6.07, 6.45) is 2.71. The Bertz CT molecular complexity index is 816. The number of aromatic amines is 1. The zero-order valence-corrected chi connectivity index (χ0v) is 16.3. The number of aromatic nitrogens is 2. The zero-order chi connectivity index (χ0) is 19.9. The van der Waals surface area contributed by atoms with Gasteiger partial charge in [-0.2, -0.15) is 5.10 Å². The number of carbonyl (C=O) groups excluding carboxylic acids is 2. The van der Waals surface area contributed by atoms with Gasteiger partial charge in [0.05, 0.1) is 19.8 Å². The van der Waals surface area contributed by atoms with E-state index in [0.717, 1.165) is 29.8 Å². The van der Waals surface area contributed by atoms with E-state index in [1.165, 1.54) is 0 Å². The monoisotopic (exact) mass is 386 g/mol. The number of benzene rings is 1. The van der Waals surface area contributed by atoms with Gasteiger partial charge in [-0.15, -0.1) is 0 Å². The molecule has 0 bridgehead atoms. The van der Waals surface area contributed by atoms with Crippen molar-refractivity contribution >= 4 is 17.7 Å². The molecular weight excluding hydrogens is 360 g/mol. The smallest absolute Gasteiger partial charge is 0.359 e. The van der Waals surface area contributed by atoms with Crippen LogP contribution in [0.3, 0.4) is 0 Å². The number of rotatable bonds is 7. The van der Waals surface area contributed by atoms with Crippen molar-refractivity contribution in [2.45, 2.75) is 39.7 Å². The van der Waals surface area contributed by atoms with Crippen molar-refractivity contribution in [3.8, 4) is 5.75 Å². The third-order valence-electron chi connectivity index (χ3n) is 4.56. The molecule has 3 rings (SSSR count). The molecule has 1 aliphatic rings. The highest BCUT2D eigenvalue weighted by Crippen LogP contribution is 2.22. The van der Waals surface area contributed by atoms with Crippen molar-refractivity contribution in [1.82, 2.24) is 15.1 Å². The standard InChI is InChI=1S/C20H26N4O4/c1-3-5-12-28-15-8-6-14(7-9-15)21-20(26)24-11-10-17-16(13-24)18(23-22-17)19(25)27-4-2/h6-9H,3-5,10-13H2,1-2H3,(H,21,26)(H,22,23). The molecule has 0 saturated heterocycles. The Kier molecular flexibility index (Phi) is 6.52. The number of H-pyrrole nitrogens is 1. The van der Waals surface area contributed by atoms with E-state index in [9.17, 15) is 9.59 Å². The fraction of sp³-hybridized carbons (Fsp3) is 0.450. The van der Waals surface area contributed by atoms with Crippen LogP contribution in [0.5, 0.6) is 5.75 Å². The number of anilines is 1. The molecule has 0 aliphatic carbocycles. The summed E-state index contributed by atoms with van der Waals surface area (Å²) in [6, 6.07) is 7.09. The van der Waals surface area contributed by atoms with Crippen LogP contribution in [-0.2, 0) is 17.7 Å². The Morgan fingerprint density at radius 3 is 2.75 bits per heavy atom. The van der Waals surface area contributed by atoms with Gasteiger partial charge in [0, 0.05) is 29.9 Å². The molecule has 0 unspecified atom stereocenters. The molecule has 2 aromatic rings. The molecule has 1 aromatic heterocycles. The van der Waals surface area contributed by atoms with Gasteiger partial charge in [-0.25, -0.2) is 9.59 Å². The van der Waals surface area contributed by atoms with Crippen molar-refractivity contribution in [2.24, 2.45) is 0 Å². The van der Waals surface area contributed by atoms with Crippen LogP contribution in [0.4, 0.5) is 10.5 Å². The predicted molar refractivity (Wildman–Crippen MR) is 105 cm³/mol. The summed E-state index contributed by atoms with van der Waals surface area (Å²) in [5.41, 5.74) is 2.54. The van der Waals surface area contributed by atoms with Crippen LogP contribution in [0.15, 0.2) is 24.3 Å². The average molecular weight is 386 g/mol. The Morgan fingerprint density at radius 1 is 1.25 bits per heavy atom. The molecule has 0 fully saturated rings. The molecule has 8 nitrogen and oxygen atoms in total. The second kappa shape index (κ2) is 9.25. The molecule has 2 heterocycles. The lowest BCUT2D eigenvalue weighted by Crippen LogP contribution is -2.39. The van der Waals surface area contributed by atoms with Gasteiger partial charge in [0.1, 0.15) is 5.75 Å². The summed E-state index contributed by atoms with van der Waals surface area (Å²) in [4.78, 5) is 26.3. The molecule has 0 radical (unpaired) electrons. The van der Waals surface area contributed by atoms with Crippen molar-refractivity contribution in [3.63, 3.8) is 0 Å². The minimum atomic E-state index is -0.471. The van der Waals surface area contributed by atoms with Crippen LogP contribution < -0.4 is 10.1 Å². The highest BCUT2D eigenvalue weighted by Gasteiger charge is 2.28. The number of amides is 2. The van der Waals surface area contributed by atoms with Crippen molar-refractivity contribution in [1.29, 1.82) is 0 Å². The highest BCUT2D eigenvalue weighted by atomic mass is 16.5. The maximum Gasteiger partial charge on any atom is 0.359 e. The Hall–Kier alpha value is -3.03. The van der Waals surface area contributed by atoms with Crippen LogP contribution in [-0.4, -0.2) is 46.9 Å². The number of hydrogen-bond donors (Lipinski definition) is 2. The first-order valence-corrected chi connectivity index (χ1v) is 9.64. The van der Waals surface area contributed by atoms with E-state index in [2.05, 4.69) is 22.4 Å². The number of fused-ring (bicyclic) bond motifs is 1.